The highest BCUT2D eigenvalue weighted by atomic mass is 79.9. The summed E-state index contributed by atoms with van der Waals surface area (Å²) in [6, 6.07) is 8.36. The van der Waals surface area contributed by atoms with Gasteiger partial charge in [-0.2, -0.15) is 0 Å². The molecule has 88 valence electrons. The van der Waals surface area contributed by atoms with Crippen LogP contribution in [0.2, 0.25) is 0 Å². The van der Waals surface area contributed by atoms with Gasteiger partial charge in [-0.15, -0.1) is 0 Å². The molecule has 0 aliphatic carbocycles. The van der Waals surface area contributed by atoms with Gasteiger partial charge in [0, 0.05) is 29.1 Å². The number of ether oxygens (including phenoxy) is 1. The van der Waals surface area contributed by atoms with Crippen LogP contribution in [0.25, 0.3) is 10.8 Å². The highest BCUT2D eigenvalue weighted by Gasteiger charge is 2.14. The highest BCUT2D eigenvalue weighted by Crippen LogP contribution is 2.27. The van der Waals surface area contributed by atoms with E-state index >= 15 is 0 Å². The molecule has 17 heavy (non-hydrogen) atoms. The number of fused-ring (bicyclic) bond motifs is 1. The summed E-state index contributed by atoms with van der Waals surface area (Å²) in [6.07, 6.45) is 1.87. The third kappa shape index (κ3) is 2.15. The van der Waals surface area contributed by atoms with Crippen LogP contribution in [0, 0.1) is 0 Å². The molecule has 0 bridgehead atoms. The number of rotatable bonds is 1. The van der Waals surface area contributed by atoms with Crippen molar-refractivity contribution in [3.8, 4) is 0 Å². The van der Waals surface area contributed by atoms with Gasteiger partial charge in [-0.05, 0) is 29.7 Å². The van der Waals surface area contributed by atoms with Crippen LogP contribution in [0.4, 0.5) is 5.82 Å². The zero-order chi connectivity index (χ0) is 11.7. The summed E-state index contributed by atoms with van der Waals surface area (Å²) in [4.78, 5) is 6.81. The number of morpholine rings is 1. The van der Waals surface area contributed by atoms with E-state index in [-0.39, 0.29) is 0 Å². The number of aromatic nitrogens is 1. The molecule has 1 aromatic heterocycles. The maximum Gasteiger partial charge on any atom is 0.136 e. The van der Waals surface area contributed by atoms with Gasteiger partial charge < -0.3 is 9.64 Å². The van der Waals surface area contributed by atoms with Crippen molar-refractivity contribution in [2.75, 3.05) is 31.2 Å². The van der Waals surface area contributed by atoms with E-state index < -0.39 is 0 Å². The van der Waals surface area contributed by atoms with Crippen molar-refractivity contribution in [1.29, 1.82) is 0 Å². The van der Waals surface area contributed by atoms with Crippen molar-refractivity contribution in [2.45, 2.75) is 0 Å². The second-order valence-electron chi connectivity index (χ2n) is 4.10. The molecule has 0 saturated carbocycles. The smallest absolute Gasteiger partial charge is 0.136 e. The van der Waals surface area contributed by atoms with Gasteiger partial charge in [0.05, 0.1) is 13.2 Å². The molecule has 0 atom stereocenters. The fraction of sp³-hybridized carbons (Fsp3) is 0.308. The minimum atomic E-state index is 0.786. The van der Waals surface area contributed by atoms with Crippen molar-refractivity contribution in [3.63, 3.8) is 0 Å². The third-order valence-corrected chi connectivity index (χ3v) is 3.51. The zero-order valence-corrected chi connectivity index (χ0v) is 11.0. The molecule has 1 aromatic carbocycles. The van der Waals surface area contributed by atoms with E-state index in [2.05, 4.69) is 44.0 Å². The van der Waals surface area contributed by atoms with Gasteiger partial charge in [-0.3, -0.25) is 0 Å². The Kier molecular flexibility index (Phi) is 2.99. The van der Waals surface area contributed by atoms with E-state index in [1.807, 2.05) is 12.3 Å². The highest BCUT2D eigenvalue weighted by molar-refractivity contribution is 9.10. The van der Waals surface area contributed by atoms with Crippen molar-refractivity contribution in [3.05, 3.63) is 34.9 Å². The predicted octanol–water partition coefficient (Wildman–Crippen LogP) is 2.83. The lowest BCUT2D eigenvalue weighted by Crippen LogP contribution is -2.36. The summed E-state index contributed by atoms with van der Waals surface area (Å²) in [7, 11) is 0. The Balaban J connectivity index is 2.09. The van der Waals surface area contributed by atoms with Crippen molar-refractivity contribution < 1.29 is 4.74 Å². The molecule has 2 aromatic rings. The monoisotopic (exact) mass is 292 g/mol. The summed E-state index contributed by atoms with van der Waals surface area (Å²) >= 11 is 3.50. The van der Waals surface area contributed by atoms with E-state index in [9.17, 15) is 0 Å². The van der Waals surface area contributed by atoms with Crippen LogP contribution in [0.3, 0.4) is 0 Å². The molecule has 3 nitrogen and oxygen atoms in total. The fourth-order valence-electron chi connectivity index (χ4n) is 2.16. The van der Waals surface area contributed by atoms with Gasteiger partial charge in [0.1, 0.15) is 5.82 Å². The van der Waals surface area contributed by atoms with E-state index in [0.717, 1.165) is 36.6 Å². The number of hydrogen-bond acceptors (Lipinski definition) is 3. The Morgan fingerprint density at radius 3 is 2.82 bits per heavy atom. The first-order valence-corrected chi connectivity index (χ1v) is 6.51. The molecular formula is C13H13BrN2O. The first-order chi connectivity index (χ1) is 8.34. The molecule has 3 rings (SSSR count). The van der Waals surface area contributed by atoms with Crippen LogP contribution in [0.5, 0.6) is 0 Å². The second kappa shape index (κ2) is 4.63. The predicted molar refractivity (Wildman–Crippen MR) is 72.5 cm³/mol. The molecule has 2 heterocycles. The summed E-state index contributed by atoms with van der Waals surface area (Å²) < 4.78 is 6.48. The van der Waals surface area contributed by atoms with Crippen molar-refractivity contribution in [2.24, 2.45) is 0 Å². The molecule has 0 N–H and O–H groups in total. The summed E-state index contributed by atoms with van der Waals surface area (Å²) in [5.74, 6) is 1.07. The number of halogens is 1. The van der Waals surface area contributed by atoms with Crippen LogP contribution in [0.1, 0.15) is 0 Å². The Bertz CT molecular complexity index is 538. The molecule has 0 unspecified atom stereocenters. The Hall–Kier alpha value is -1.13. The summed E-state index contributed by atoms with van der Waals surface area (Å²) in [5.41, 5.74) is 0. The van der Waals surface area contributed by atoms with Crippen molar-refractivity contribution >= 4 is 32.5 Å². The van der Waals surface area contributed by atoms with Gasteiger partial charge in [-0.25, -0.2) is 4.98 Å². The topological polar surface area (TPSA) is 25.4 Å². The maximum atomic E-state index is 5.38. The van der Waals surface area contributed by atoms with E-state index in [0.29, 0.717) is 0 Å². The van der Waals surface area contributed by atoms with Crippen molar-refractivity contribution in [1.82, 2.24) is 4.98 Å². The normalized spacial score (nSPS) is 16.4. The Morgan fingerprint density at radius 1 is 1.18 bits per heavy atom. The molecule has 1 aliphatic heterocycles. The fourth-order valence-corrected chi connectivity index (χ4v) is 2.54. The Morgan fingerprint density at radius 2 is 2.00 bits per heavy atom. The molecule has 4 heteroatoms. The summed E-state index contributed by atoms with van der Waals surface area (Å²) in [6.45, 7) is 3.41. The van der Waals surface area contributed by atoms with Crippen LogP contribution >= 0.6 is 15.9 Å². The largest absolute Gasteiger partial charge is 0.378 e. The lowest BCUT2D eigenvalue weighted by molar-refractivity contribution is 0.122. The third-order valence-electron chi connectivity index (χ3n) is 3.02. The first-order valence-electron chi connectivity index (χ1n) is 5.71. The number of pyridine rings is 1. The number of nitrogens with zero attached hydrogens (tertiary/aromatic N) is 2. The minimum absolute atomic E-state index is 0.786. The van der Waals surface area contributed by atoms with Crippen LogP contribution in [-0.4, -0.2) is 31.3 Å². The van der Waals surface area contributed by atoms with Gasteiger partial charge >= 0.3 is 0 Å². The van der Waals surface area contributed by atoms with E-state index in [1.54, 1.807) is 0 Å². The molecule has 1 fully saturated rings. The zero-order valence-electron chi connectivity index (χ0n) is 9.40. The van der Waals surface area contributed by atoms with Gasteiger partial charge in [0.15, 0.2) is 0 Å². The van der Waals surface area contributed by atoms with Gasteiger partial charge in [0.2, 0.25) is 0 Å². The molecule has 0 spiro atoms. The van der Waals surface area contributed by atoms with Crippen LogP contribution < -0.4 is 4.90 Å². The quantitative estimate of drug-likeness (QED) is 0.808. The number of anilines is 1. The lowest BCUT2D eigenvalue weighted by atomic mass is 10.1. The molecule has 0 radical (unpaired) electrons. The van der Waals surface area contributed by atoms with Crippen LogP contribution in [0.15, 0.2) is 34.9 Å². The molecule has 1 aliphatic rings. The number of benzene rings is 1. The first kappa shape index (κ1) is 11.0. The average molecular weight is 293 g/mol. The lowest BCUT2D eigenvalue weighted by Gasteiger charge is -2.28. The van der Waals surface area contributed by atoms with Crippen LogP contribution in [-0.2, 0) is 4.74 Å². The van der Waals surface area contributed by atoms with Gasteiger partial charge in [-0.1, -0.05) is 15.9 Å². The molecule has 1 saturated heterocycles. The van der Waals surface area contributed by atoms with Gasteiger partial charge in [0.25, 0.3) is 0 Å². The molecule has 0 amide bonds. The maximum absolute atomic E-state index is 5.38. The summed E-state index contributed by atoms with van der Waals surface area (Å²) in [5, 5.41) is 2.42. The van der Waals surface area contributed by atoms with E-state index in [1.165, 1.54) is 10.8 Å². The van der Waals surface area contributed by atoms with E-state index in [4.69, 9.17) is 4.74 Å². The number of hydrogen-bond donors (Lipinski definition) is 0. The minimum Gasteiger partial charge on any atom is -0.378 e. The standard InChI is InChI=1S/C13H13BrN2O/c14-11-1-2-12-10(9-11)3-4-15-13(12)16-5-7-17-8-6-16/h1-4,9H,5-8H2. The molecular weight excluding hydrogens is 280 g/mol. The second-order valence-corrected chi connectivity index (χ2v) is 5.02. The Labute approximate surface area is 109 Å². The SMILES string of the molecule is Brc1ccc2c(N3CCOCC3)nccc2c1. The average Bonchev–Trinajstić information content (AvgIpc) is 2.39.